The zero-order valence-electron chi connectivity index (χ0n) is 14.8. The number of ketones is 1. The molecule has 0 radical (unpaired) electrons. The molecule has 2 N–H and O–H groups in total. The third-order valence-corrected chi connectivity index (χ3v) is 4.95. The first-order valence-corrected chi connectivity index (χ1v) is 9.11. The van der Waals surface area contributed by atoms with E-state index in [-0.39, 0.29) is 30.6 Å². The van der Waals surface area contributed by atoms with Crippen LogP contribution in [0, 0.1) is 5.82 Å². The highest BCUT2D eigenvalue weighted by Gasteiger charge is 2.25. The number of hydrogen-bond donors (Lipinski definition) is 2. The summed E-state index contributed by atoms with van der Waals surface area (Å²) in [5, 5.41) is 13.2. The van der Waals surface area contributed by atoms with Gasteiger partial charge in [-0.05, 0) is 43.7 Å². The van der Waals surface area contributed by atoms with Gasteiger partial charge in [0.2, 0.25) is 0 Å². The lowest BCUT2D eigenvalue weighted by Crippen LogP contribution is -2.46. The Morgan fingerprint density at radius 3 is 3.04 bits per heavy atom. The summed E-state index contributed by atoms with van der Waals surface area (Å²) < 4.78 is 15.2. The van der Waals surface area contributed by atoms with Gasteiger partial charge in [0, 0.05) is 18.0 Å². The number of nitrogens with one attached hydrogen (secondary N) is 1. The SMILES string of the molecule is O=C(C[C@H]1NCCC[C@@H]1O)Cn1cnc2nc(-c3cccc(F)c3)ccc21. The molecule has 2 aromatic heterocycles. The van der Waals surface area contributed by atoms with Crippen LogP contribution in [-0.4, -0.2) is 44.1 Å². The van der Waals surface area contributed by atoms with Crippen LogP contribution in [0.3, 0.4) is 0 Å². The molecule has 1 saturated heterocycles. The number of piperidine rings is 1. The van der Waals surface area contributed by atoms with Crippen molar-refractivity contribution in [2.45, 2.75) is 38.0 Å². The van der Waals surface area contributed by atoms with Gasteiger partial charge in [0.05, 0.1) is 30.2 Å². The van der Waals surface area contributed by atoms with Gasteiger partial charge < -0.3 is 15.0 Å². The van der Waals surface area contributed by atoms with E-state index >= 15 is 0 Å². The lowest BCUT2D eigenvalue weighted by atomic mass is 9.97. The molecular formula is C20H21FN4O2. The van der Waals surface area contributed by atoms with Crippen molar-refractivity contribution in [3.8, 4) is 11.3 Å². The van der Waals surface area contributed by atoms with E-state index in [2.05, 4.69) is 15.3 Å². The maximum atomic E-state index is 13.4. The Labute approximate surface area is 156 Å². The van der Waals surface area contributed by atoms with E-state index < -0.39 is 6.10 Å². The molecule has 0 spiro atoms. The van der Waals surface area contributed by atoms with Crippen LogP contribution in [0.2, 0.25) is 0 Å². The predicted molar refractivity (Wildman–Crippen MR) is 99.6 cm³/mol. The molecule has 0 aliphatic carbocycles. The van der Waals surface area contributed by atoms with Crippen molar-refractivity contribution in [2.24, 2.45) is 0 Å². The molecule has 6 nitrogen and oxygen atoms in total. The number of hydrogen-bond acceptors (Lipinski definition) is 5. The molecule has 1 fully saturated rings. The fourth-order valence-electron chi connectivity index (χ4n) is 3.53. The summed E-state index contributed by atoms with van der Waals surface area (Å²) in [5.41, 5.74) is 2.58. The molecule has 1 aliphatic rings. The molecule has 3 aromatic rings. The van der Waals surface area contributed by atoms with Gasteiger partial charge in [0.15, 0.2) is 11.4 Å². The quantitative estimate of drug-likeness (QED) is 0.722. The van der Waals surface area contributed by atoms with Gasteiger partial charge in [-0.25, -0.2) is 14.4 Å². The molecule has 3 heterocycles. The number of pyridine rings is 1. The summed E-state index contributed by atoms with van der Waals surface area (Å²) in [6.07, 6.45) is 3.06. The van der Waals surface area contributed by atoms with Gasteiger partial charge in [0.25, 0.3) is 0 Å². The third-order valence-electron chi connectivity index (χ3n) is 4.95. The van der Waals surface area contributed by atoms with Crippen molar-refractivity contribution < 1.29 is 14.3 Å². The van der Waals surface area contributed by atoms with Gasteiger partial charge in [-0.2, -0.15) is 0 Å². The van der Waals surface area contributed by atoms with Crippen LogP contribution in [0.1, 0.15) is 19.3 Å². The minimum absolute atomic E-state index is 0.0296. The highest BCUT2D eigenvalue weighted by Crippen LogP contribution is 2.21. The van der Waals surface area contributed by atoms with E-state index in [9.17, 15) is 14.3 Å². The Bertz CT molecular complexity index is 972. The fourth-order valence-corrected chi connectivity index (χ4v) is 3.53. The number of aliphatic hydroxyl groups is 1. The number of fused-ring (bicyclic) bond motifs is 1. The Morgan fingerprint density at radius 1 is 1.33 bits per heavy atom. The molecule has 0 saturated carbocycles. The fraction of sp³-hybridized carbons (Fsp3) is 0.350. The first-order valence-electron chi connectivity index (χ1n) is 9.11. The second kappa shape index (κ2) is 7.54. The number of carbonyl (C=O) groups is 1. The van der Waals surface area contributed by atoms with E-state index in [1.54, 1.807) is 29.1 Å². The molecule has 0 unspecified atom stereocenters. The Morgan fingerprint density at radius 2 is 2.22 bits per heavy atom. The third kappa shape index (κ3) is 3.89. The van der Waals surface area contributed by atoms with Gasteiger partial charge in [-0.1, -0.05) is 12.1 Å². The molecule has 0 amide bonds. The molecule has 7 heteroatoms. The van der Waals surface area contributed by atoms with Gasteiger partial charge in [0.1, 0.15) is 5.82 Å². The van der Waals surface area contributed by atoms with E-state index in [4.69, 9.17) is 0 Å². The summed E-state index contributed by atoms with van der Waals surface area (Å²) in [7, 11) is 0. The van der Waals surface area contributed by atoms with Crippen molar-refractivity contribution in [2.75, 3.05) is 6.54 Å². The molecule has 27 heavy (non-hydrogen) atoms. The number of aliphatic hydroxyl groups excluding tert-OH is 1. The number of halogens is 1. The molecule has 140 valence electrons. The van der Waals surface area contributed by atoms with E-state index in [0.29, 0.717) is 16.9 Å². The zero-order valence-corrected chi connectivity index (χ0v) is 14.8. The van der Waals surface area contributed by atoms with Gasteiger partial charge >= 0.3 is 0 Å². The number of imidazole rings is 1. The van der Waals surface area contributed by atoms with E-state index in [0.717, 1.165) is 24.9 Å². The monoisotopic (exact) mass is 368 g/mol. The van der Waals surface area contributed by atoms with E-state index in [1.165, 1.54) is 12.1 Å². The summed E-state index contributed by atoms with van der Waals surface area (Å²) in [5.74, 6) is -0.286. The number of Topliss-reactive ketones (excluding diaryl/α,β-unsaturated/α-hetero) is 1. The Balaban J connectivity index is 1.50. The summed E-state index contributed by atoms with van der Waals surface area (Å²) in [6.45, 7) is 1.01. The number of aromatic nitrogens is 3. The summed E-state index contributed by atoms with van der Waals surface area (Å²) in [6, 6.07) is 9.71. The second-order valence-corrected chi connectivity index (χ2v) is 6.94. The molecule has 0 bridgehead atoms. The second-order valence-electron chi connectivity index (χ2n) is 6.94. The Kier molecular flexibility index (Phi) is 4.96. The number of nitrogens with zero attached hydrogens (tertiary/aromatic N) is 3. The predicted octanol–water partition coefficient (Wildman–Crippen LogP) is 2.31. The average Bonchev–Trinajstić information content (AvgIpc) is 3.05. The van der Waals surface area contributed by atoms with Crippen LogP contribution >= 0.6 is 0 Å². The normalized spacial score (nSPS) is 20.1. The van der Waals surface area contributed by atoms with Crippen molar-refractivity contribution in [3.05, 3.63) is 48.5 Å². The molecule has 1 aromatic carbocycles. The summed E-state index contributed by atoms with van der Waals surface area (Å²) in [4.78, 5) is 21.2. The molecule has 4 rings (SSSR count). The highest BCUT2D eigenvalue weighted by molar-refractivity contribution is 5.82. The van der Waals surface area contributed by atoms with Crippen molar-refractivity contribution in [3.63, 3.8) is 0 Å². The lowest BCUT2D eigenvalue weighted by molar-refractivity contribution is -0.121. The Hall–Kier alpha value is -2.64. The number of benzene rings is 1. The highest BCUT2D eigenvalue weighted by atomic mass is 19.1. The summed E-state index contributed by atoms with van der Waals surface area (Å²) >= 11 is 0. The first-order chi connectivity index (χ1) is 13.1. The van der Waals surface area contributed by atoms with Crippen molar-refractivity contribution in [1.82, 2.24) is 19.9 Å². The van der Waals surface area contributed by atoms with E-state index in [1.807, 2.05) is 6.07 Å². The topological polar surface area (TPSA) is 80.0 Å². The standard InChI is InChI=1S/C20H21FN4O2/c21-14-4-1-3-13(9-14)16-6-7-18-20(24-16)23-12-25(18)11-15(26)10-17-19(27)5-2-8-22-17/h1,3-4,6-7,9,12,17,19,22,27H,2,5,8,10-11H2/t17-,19+/m1/s1. The van der Waals surface area contributed by atoms with Crippen LogP contribution in [0.4, 0.5) is 4.39 Å². The smallest absolute Gasteiger partial charge is 0.178 e. The first kappa shape index (κ1) is 17.8. The number of rotatable bonds is 5. The van der Waals surface area contributed by atoms with Gasteiger partial charge in [-0.15, -0.1) is 0 Å². The van der Waals surface area contributed by atoms with Crippen LogP contribution in [0.5, 0.6) is 0 Å². The van der Waals surface area contributed by atoms with Crippen LogP contribution in [0.25, 0.3) is 22.4 Å². The molecular weight excluding hydrogens is 347 g/mol. The van der Waals surface area contributed by atoms with Crippen LogP contribution in [0.15, 0.2) is 42.7 Å². The minimum Gasteiger partial charge on any atom is -0.391 e. The van der Waals surface area contributed by atoms with Crippen LogP contribution < -0.4 is 5.32 Å². The maximum Gasteiger partial charge on any atom is 0.178 e. The van der Waals surface area contributed by atoms with Crippen LogP contribution in [-0.2, 0) is 11.3 Å². The molecule has 2 atom stereocenters. The van der Waals surface area contributed by atoms with Gasteiger partial charge in [-0.3, -0.25) is 4.79 Å². The largest absolute Gasteiger partial charge is 0.391 e. The maximum absolute atomic E-state index is 13.4. The van der Waals surface area contributed by atoms with Crippen molar-refractivity contribution >= 4 is 16.9 Å². The average molecular weight is 368 g/mol. The van der Waals surface area contributed by atoms with Crippen molar-refractivity contribution in [1.29, 1.82) is 0 Å². The number of carbonyl (C=O) groups excluding carboxylic acids is 1. The minimum atomic E-state index is -0.474. The zero-order chi connectivity index (χ0) is 18.8. The lowest BCUT2D eigenvalue weighted by Gasteiger charge is -2.28. The molecule has 1 aliphatic heterocycles.